The Bertz CT molecular complexity index is 277. The van der Waals surface area contributed by atoms with E-state index in [0.29, 0.717) is 0 Å². The van der Waals surface area contributed by atoms with E-state index in [9.17, 15) is 0 Å². The fraction of sp³-hybridized carbons (Fsp3) is 0.778. The molecule has 0 atom stereocenters. The molecule has 2 N–H and O–H groups in total. The zero-order valence-corrected chi connectivity index (χ0v) is 10.0. The Labute approximate surface area is 89.3 Å². The highest BCUT2D eigenvalue weighted by Gasteiger charge is 2.07. The van der Waals surface area contributed by atoms with Crippen molar-refractivity contribution in [2.24, 2.45) is 0 Å². The van der Waals surface area contributed by atoms with Gasteiger partial charge in [-0.25, -0.2) is 4.98 Å². The fourth-order valence-electron chi connectivity index (χ4n) is 0.955. The molecule has 4 nitrogen and oxygen atoms in total. The summed E-state index contributed by atoms with van der Waals surface area (Å²) < 4.78 is 0. The molecule has 0 unspecified atom stereocenters. The maximum absolute atomic E-state index is 4.21. The van der Waals surface area contributed by atoms with Gasteiger partial charge in [-0.15, -0.1) is 5.10 Å². The number of thioether (sulfide) groups is 1. The summed E-state index contributed by atoms with van der Waals surface area (Å²) in [7, 11) is 0. The lowest BCUT2D eigenvalue weighted by atomic mass is 10.1. The van der Waals surface area contributed by atoms with Crippen molar-refractivity contribution in [3.8, 4) is 0 Å². The second-order valence-corrected chi connectivity index (χ2v) is 5.29. The average Bonchev–Trinajstić information content (AvgIpc) is 2.44. The van der Waals surface area contributed by atoms with Gasteiger partial charge in [0.2, 0.25) is 5.16 Å². The number of hydrogen-bond donors (Lipinski definition) is 2. The van der Waals surface area contributed by atoms with Crippen LogP contribution in [0.5, 0.6) is 0 Å². The van der Waals surface area contributed by atoms with Gasteiger partial charge in [-0.1, -0.05) is 11.8 Å². The van der Waals surface area contributed by atoms with Crippen molar-refractivity contribution in [2.45, 2.75) is 38.4 Å². The molecule has 0 aliphatic carbocycles. The highest BCUT2D eigenvalue weighted by molar-refractivity contribution is 7.99. The first-order chi connectivity index (χ1) is 6.47. The number of rotatable bonds is 4. The predicted molar refractivity (Wildman–Crippen MR) is 59.6 cm³/mol. The van der Waals surface area contributed by atoms with Crippen LogP contribution in [0.15, 0.2) is 5.16 Å². The third kappa shape index (κ3) is 4.62. The predicted octanol–water partition coefficient (Wildman–Crippen LogP) is 1.59. The summed E-state index contributed by atoms with van der Waals surface area (Å²) in [6.07, 6.45) is 0. The summed E-state index contributed by atoms with van der Waals surface area (Å²) >= 11 is 1.67. The molecule has 5 heteroatoms. The van der Waals surface area contributed by atoms with Crippen LogP contribution in [-0.4, -0.2) is 33.0 Å². The number of aryl methyl sites for hydroxylation is 1. The van der Waals surface area contributed by atoms with Gasteiger partial charge in [0.25, 0.3) is 0 Å². The zero-order valence-electron chi connectivity index (χ0n) is 9.22. The quantitative estimate of drug-likeness (QED) is 0.590. The standard InChI is InChI=1S/C9H18N4S/c1-7-11-8(13-12-7)14-6-5-10-9(2,3)4/h10H,5-6H2,1-4H3,(H,11,12,13). The average molecular weight is 214 g/mol. The lowest BCUT2D eigenvalue weighted by molar-refractivity contribution is 0.441. The summed E-state index contributed by atoms with van der Waals surface area (Å²) in [4.78, 5) is 4.21. The SMILES string of the molecule is Cc1nc(SCCNC(C)(C)C)n[nH]1. The van der Waals surface area contributed by atoms with E-state index in [2.05, 4.69) is 41.3 Å². The van der Waals surface area contributed by atoms with Gasteiger partial charge < -0.3 is 5.32 Å². The van der Waals surface area contributed by atoms with Crippen LogP contribution in [0.25, 0.3) is 0 Å². The Balaban J connectivity index is 2.16. The van der Waals surface area contributed by atoms with Crippen molar-refractivity contribution < 1.29 is 0 Å². The monoisotopic (exact) mass is 214 g/mol. The molecular weight excluding hydrogens is 196 g/mol. The first kappa shape index (κ1) is 11.5. The number of nitrogens with one attached hydrogen (secondary N) is 2. The van der Waals surface area contributed by atoms with Crippen LogP contribution in [0.3, 0.4) is 0 Å². The Hall–Kier alpha value is -0.550. The van der Waals surface area contributed by atoms with Crippen LogP contribution in [-0.2, 0) is 0 Å². The minimum absolute atomic E-state index is 0.190. The molecule has 0 spiro atoms. The molecule has 0 radical (unpaired) electrons. The van der Waals surface area contributed by atoms with Crippen LogP contribution in [0.2, 0.25) is 0 Å². The molecule has 1 aromatic heterocycles. The van der Waals surface area contributed by atoms with Crippen molar-refractivity contribution in [1.29, 1.82) is 0 Å². The minimum atomic E-state index is 0.190. The topological polar surface area (TPSA) is 53.6 Å². The Morgan fingerprint density at radius 3 is 2.64 bits per heavy atom. The maximum atomic E-state index is 4.21. The van der Waals surface area contributed by atoms with Crippen molar-refractivity contribution in [1.82, 2.24) is 20.5 Å². The fourth-order valence-corrected chi connectivity index (χ4v) is 1.65. The van der Waals surface area contributed by atoms with Crippen LogP contribution in [0.4, 0.5) is 0 Å². The smallest absolute Gasteiger partial charge is 0.208 e. The molecule has 0 aliphatic rings. The summed E-state index contributed by atoms with van der Waals surface area (Å²) in [5.74, 6) is 1.87. The maximum Gasteiger partial charge on any atom is 0.208 e. The molecule has 0 aromatic carbocycles. The van der Waals surface area contributed by atoms with Gasteiger partial charge in [-0.2, -0.15) is 0 Å². The number of H-pyrrole nitrogens is 1. The highest BCUT2D eigenvalue weighted by atomic mass is 32.2. The third-order valence-electron chi connectivity index (χ3n) is 1.57. The largest absolute Gasteiger partial charge is 0.311 e. The second kappa shape index (κ2) is 4.79. The number of hydrogen-bond acceptors (Lipinski definition) is 4. The van der Waals surface area contributed by atoms with Gasteiger partial charge >= 0.3 is 0 Å². The molecule has 80 valence electrons. The van der Waals surface area contributed by atoms with E-state index >= 15 is 0 Å². The van der Waals surface area contributed by atoms with E-state index in [0.717, 1.165) is 23.3 Å². The molecule has 1 aromatic rings. The molecule has 0 aliphatic heterocycles. The molecular formula is C9H18N4S. The first-order valence-corrected chi connectivity index (χ1v) is 5.73. The summed E-state index contributed by atoms with van der Waals surface area (Å²) in [6.45, 7) is 9.37. The normalized spacial score (nSPS) is 12.0. The highest BCUT2D eigenvalue weighted by Crippen LogP contribution is 2.11. The third-order valence-corrected chi connectivity index (χ3v) is 2.41. The van der Waals surface area contributed by atoms with Crippen LogP contribution in [0, 0.1) is 6.92 Å². The van der Waals surface area contributed by atoms with E-state index in [1.807, 2.05) is 6.92 Å². The number of nitrogens with zero attached hydrogens (tertiary/aromatic N) is 2. The van der Waals surface area contributed by atoms with Gasteiger partial charge in [-0.05, 0) is 27.7 Å². The van der Waals surface area contributed by atoms with Crippen molar-refractivity contribution >= 4 is 11.8 Å². The van der Waals surface area contributed by atoms with Gasteiger partial charge in [0.1, 0.15) is 5.82 Å². The minimum Gasteiger partial charge on any atom is -0.311 e. The Morgan fingerprint density at radius 1 is 1.43 bits per heavy atom. The van der Waals surface area contributed by atoms with Gasteiger partial charge in [0.05, 0.1) is 0 Å². The second-order valence-electron chi connectivity index (χ2n) is 4.23. The Morgan fingerprint density at radius 2 is 2.14 bits per heavy atom. The van der Waals surface area contributed by atoms with E-state index in [1.54, 1.807) is 11.8 Å². The Kier molecular flexibility index (Phi) is 3.95. The summed E-state index contributed by atoms with van der Waals surface area (Å²) in [6, 6.07) is 0. The number of aromatic amines is 1. The molecule has 0 bridgehead atoms. The van der Waals surface area contributed by atoms with E-state index in [4.69, 9.17) is 0 Å². The molecule has 0 amide bonds. The van der Waals surface area contributed by atoms with Crippen LogP contribution < -0.4 is 5.32 Å². The van der Waals surface area contributed by atoms with E-state index in [1.165, 1.54) is 0 Å². The summed E-state index contributed by atoms with van der Waals surface area (Å²) in [5.41, 5.74) is 0.190. The lowest BCUT2D eigenvalue weighted by Gasteiger charge is -2.19. The molecule has 0 saturated heterocycles. The van der Waals surface area contributed by atoms with Crippen molar-refractivity contribution in [3.05, 3.63) is 5.82 Å². The molecule has 14 heavy (non-hydrogen) atoms. The van der Waals surface area contributed by atoms with E-state index in [-0.39, 0.29) is 5.54 Å². The zero-order chi connectivity index (χ0) is 10.6. The molecule has 0 saturated carbocycles. The molecule has 1 heterocycles. The molecule has 1 rings (SSSR count). The number of aromatic nitrogens is 3. The van der Waals surface area contributed by atoms with Crippen LogP contribution >= 0.6 is 11.8 Å². The van der Waals surface area contributed by atoms with Crippen molar-refractivity contribution in [2.75, 3.05) is 12.3 Å². The van der Waals surface area contributed by atoms with Crippen LogP contribution in [0.1, 0.15) is 26.6 Å². The van der Waals surface area contributed by atoms with E-state index < -0.39 is 0 Å². The summed E-state index contributed by atoms with van der Waals surface area (Å²) in [5, 5.41) is 11.1. The first-order valence-electron chi connectivity index (χ1n) is 4.74. The van der Waals surface area contributed by atoms with Gasteiger partial charge in [0.15, 0.2) is 0 Å². The molecule has 0 fully saturated rings. The van der Waals surface area contributed by atoms with Crippen molar-refractivity contribution in [3.63, 3.8) is 0 Å². The van der Waals surface area contributed by atoms with Gasteiger partial charge in [-0.3, -0.25) is 5.10 Å². The lowest BCUT2D eigenvalue weighted by Crippen LogP contribution is -2.37. The van der Waals surface area contributed by atoms with Gasteiger partial charge in [0, 0.05) is 17.8 Å².